The second kappa shape index (κ2) is 6.82. The Morgan fingerprint density at radius 3 is 2.92 bits per heavy atom. The number of tetrazole rings is 1. The highest BCUT2D eigenvalue weighted by molar-refractivity contribution is 7.71. The van der Waals surface area contributed by atoms with Crippen molar-refractivity contribution in [2.75, 3.05) is 6.54 Å². The maximum absolute atomic E-state index is 5.66. The summed E-state index contributed by atoms with van der Waals surface area (Å²) in [5, 5.41) is 10.8. The maximum atomic E-state index is 5.66. The van der Waals surface area contributed by atoms with E-state index in [0.717, 1.165) is 24.5 Å². The highest BCUT2D eigenvalue weighted by Gasteiger charge is 2.31. The molecule has 0 spiro atoms. The third kappa shape index (κ3) is 3.19. The van der Waals surface area contributed by atoms with Crippen LogP contribution in [-0.4, -0.2) is 26.3 Å². The minimum atomic E-state index is 0.549. The smallest absolute Gasteiger partial charge is 0.225 e. The molecule has 0 radical (unpaired) electrons. The Labute approximate surface area is 156 Å². The van der Waals surface area contributed by atoms with Crippen LogP contribution in [0.2, 0.25) is 0 Å². The predicted octanol–water partition coefficient (Wildman–Crippen LogP) is 2.85. The number of hydrogen-bond acceptors (Lipinski definition) is 4. The fraction of sp³-hybridized carbons (Fsp3) is 0.389. The van der Waals surface area contributed by atoms with Crippen LogP contribution >= 0.6 is 23.6 Å². The molecule has 1 unspecified atom stereocenters. The maximum Gasteiger partial charge on any atom is 0.225 e. The Hall–Kier alpha value is -1.83. The molecule has 1 fully saturated rings. The molecule has 5 nitrogen and oxygen atoms in total. The number of quaternary nitrogens is 1. The summed E-state index contributed by atoms with van der Waals surface area (Å²) in [6.45, 7) is 6.10. The highest BCUT2D eigenvalue weighted by atomic mass is 32.1. The molecule has 2 aromatic heterocycles. The van der Waals surface area contributed by atoms with Gasteiger partial charge in [-0.1, -0.05) is 23.8 Å². The summed E-state index contributed by atoms with van der Waals surface area (Å²) in [4.78, 5) is 2.98. The zero-order valence-electron chi connectivity index (χ0n) is 14.5. The van der Waals surface area contributed by atoms with Gasteiger partial charge in [0.25, 0.3) is 0 Å². The van der Waals surface area contributed by atoms with Gasteiger partial charge in [0.15, 0.2) is 6.67 Å². The van der Waals surface area contributed by atoms with E-state index in [0.29, 0.717) is 10.8 Å². The fourth-order valence-electron chi connectivity index (χ4n) is 3.69. The molecule has 2 atom stereocenters. The topological polar surface area (TPSA) is 40.1 Å². The average Bonchev–Trinajstić information content (AvgIpc) is 3.31. The van der Waals surface area contributed by atoms with Gasteiger partial charge >= 0.3 is 0 Å². The van der Waals surface area contributed by atoms with Gasteiger partial charge in [-0.2, -0.15) is 9.36 Å². The van der Waals surface area contributed by atoms with E-state index in [1.165, 1.54) is 28.2 Å². The van der Waals surface area contributed by atoms with Crippen LogP contribution in [0, 0.1) is 18.6 Å². The summed E-state index contributed by atoms with van der Waals surface area (Å²) >= 11 is 7.51. The first-order valence-corrected chi connectivity index (χ1v) is 9.90. The molecule has 1 aromatic carbocycles. The number of aromatic nitrogens is 4. The van der Waals surface area contributed by atoms with Crippen molar-refractivity contribution < 1.29 is 4.90 Å². The van der Waals surface area contributed by atoms with Crippen molar-refractivity contribution in [1.29, 1.82) is 0 Å². The van der Waals surface area contributed by atoms with Crippen LogP contribution in [-0.2, 0) is 6.67 Å². The van der Waals surface area contributed by atoms with Gasteiger partial charge in [0.1, 0.15) is 6.04 Å². The molecule has 1 saturated heterocycles. The van der Waals surface area contributed by atoms with Crippen LogP contribution in [0.5, 0.6) is 0 Å². The quantitative estimate of drug-likeness (QED) is 0.716. The van der Waals surface area contributed by atoms with E-state index in [2.05, 4.69) is 60.0 Å². The van der Waals surface area contributed by atoms with Crippen molar-refractivity contribution in [2.24, 2.45) is 0 Å². The molecule has 0 aliphatic carbocycles. The zero-order chi connectivity index (χ0) is 17.4. The first-order chi connectivity index (χ1) is 12.1. The van der Waals surface area contributed by atoms with Gasteiger partial charge in [0.2, 0.25) is 4.77 Å². The Kier molecular flexibility index (Phi) is 4.54. The van der Waals surface area contributed by atoms with Gasteiger partial charge in [-0.15, -0.1) is 11.3 Å². The highest BCUT2D eigenvalue weighted by Crippen LogP contribution is 2.23. The molecule has 4 rings (SSSR count). The van der Waals surface area contributed by atoms with E-state index in [-0.39, 0.29) is 0 Å². The van der Waals surface area contributed by atoms with Crippen molar-refractivity contribution in [3.05, 3.63) is 56.5 Å². The standard InChI is InChI=1S/C18H21N5S2/c1-13-7-8-15(14(2)11-13)23-18(24)22(19-20-23)12-21-9-3-5-16(21)17-6-4-10-25-17/h4,6-8,10-11,16H,3,5,9,12H2,1-2H3/p+1/t16-/m1/s1. The lowest BCUT2D eigenvalue weighted by Crippen LogP contribution is -3.09. The van der Waals surface area contributed by atoms with Gasteiger partial charge in [-0.3, -0.25) is 0 Å². The van der Waals surface area contributed by atoms with Crippen molar-refractivity contribution in [1.82, 2.24) is 19.8 Å². The monoisotopic (exact) mass is 372 g/mol. The van der Waals surface area contributed by atoms with Gasteiger partial charge in [0, 0.05) is 12.8 Å². The second-order valence-electron chi connectivity index (χ2n) is 6.74. The van der Waals surface area contributed by atoms with Crippen LogP contribution in [0.3, 0.4) is 0 Å². The third-order valence-electron chi connectivity index (χ3n) is 4.94. The van der Waals surface area contributed by atoms with Crippen molar-refractivity contribution in [3.63, 3.8) is 0 Å². The minimum Gasteiger partial charge on any atom is -0.309 e. The Balaban J connectivity index is 1.60. The minimum absolute atomic E-state index is 0.549. The van der Waals surface area contributed by atoms with E-state index in [4.69, 9.17) is 12.2 Å². The Morgan fingerprint density at radius 1 is 1.28 bits per heavy atom. The number of thiophene rings is 1. The lowest BCUT2D eigenvalue weighted by atomic mass is 10.1. The zero-order valence-corrected chi connectivity index (χ0v) is 16.1. The van der Waals surface area contributed by atoms with Crippen molar-refractivity contribution in [2.45, 2.75) is 39.4 Å². The van der Waals surface area contributed by atoms with Crippen molar-refractivity contribution in [3.8, 4) is 5.69 Å². The number of aryl methyl sites for hydroxylation is 2. The van der Waals surface area contributed by atoms with Crippen LogP contribution < -0.4 is 4.90 Å². The Bertz CT molecular complexity index is 925. The van der Waals surface area contributed by atoms with Crippen LogP contribution in [0.1, 0.15) is 34.9 Å². The third-order valence-corrected chi connectivity index (χ3v) is 6.31. The van der Waals surface area contributed by atoms with Gasteiger partial charge in [-0.25, -0.2) is 0 Å². The number of benzene rings is 1. The van der Waals surface area contributed by atoms with Crippen LogP contribution in [0.15, 0.2) is 35.7 Å². The summed E-state index contributed by atoms with van der Waals surface area (Å²) in [7, 11) is 0. The first kappa shape index (κ1) is 16.6. The molecule has 1 N–H and O–H groups in total. The largest absolute Gasteiger partial charge is 0.309 e. The molecule has 3 aromatic rings. The second-order valence-corrected chi connectivity index (χ2v) is 8.08. The van der Waals surface area contributed by atoms with E-state index < -0.39 is 0 Å². The summed E-state index contributed by atoms with van der Waals surface area (Å²) in [5.74, 6) is 0. The van der Waals surface area contributed by atoms with E-state index in [1.54, 1.807) is 4.68 Å². The molecule has 130 valence electrons. The summed E-state index contributed by atoms with van der Waals surface area (Å²) < 4.78 is 4.31. The van der Waals surface area contributed by atoms with Crippen LogP contribution in [0.25, 0.3) is 5.69 Å². The molecule has 7 heteroatoms. The lowest BCUT2D eigenvalue weighted by molar-refractivity contribution is -0.941. The first-order valence-electron chi connectivity index (χ1n) is 8.62. The SMILES string of the molecule is Cc1ccc(-n2nnn(C[NH+]3CCC[C@@H]3c3cccs3)c2=S)c(C)c1. The summed E-state index contributed by atoms with van der Waals surface area (Å²) in [5.41, 5.74) is 3.40. The average molecular weight is 373 g/mol. The number of rotatable bonds is 4. The van der Waals surface area contributed by atoms with Crippen molar-refractivity contribution >= 4 is 23.6 Å². The molecular weight excluding hydrogens is 350 g/mol. The molecule has 1 aliphatic heterocycles. The molecule has 0 bridgehead atoms. The van der Waals surface area contributed by atoms with E-state index >= 15 is 0 Å². The molecule has 25 heavy (non-hydrogen) atoms. The van der Waals surface area contributed by atoms with Gasteiger partial charge in [0.05, 0.1) is 17.1 Å². The number of likely N-dealkylation sites (tertiary alicyclic amines) is 1. The number of hydrogen-bond donors (Lipinski definition) is 1. The lowest BCUT2D eigenvalue weighted by Gasteiger charge is -2.19. The van der Waals surface area contributed by atoms with E-state index in [9.17, 15) is 0 Å². The van der Waals surface area contributed by atoms with E-state index in [1.807, 2.05) is 16.0 Å². The molecule has 0 amide bonds. The normalized spacial score (nSPS) is 20.2. The molecule has 3 heterocycles. The predicted molar refractivity (Wildman–Crippen MR) is 102 cm³/mol. The summed E-state index contributed by atoms with van der Waals surface area (Å²) in [6.07, 6.45) is 2.48. The van der Waals surface area contributed by atoms with Gasteiger partial charge in [-0.05, 0) is 59.6 Å². The Morgan fingerprint density at radius 2 is 2.16 bits per heavy atom. The van der Waals surface area contributed by atoms with Crippen LogP contribution in [0.4, 0.5) is 0 Å². The molecule has 1 aliphatic rings. The number of nitrogens with zero attached hydrogens (tertiary/aromatic N) is 4. The number of nitrogens with one attached hydrogen (secondary N) is 1. The fourth-order valence-corrected chi connectivity index (χ4v) is 4.85. The molecular formula is C18H22N5S2+. The van der Waals surface area contributed by atoms with Gasteiger partial charge < -0.3 is 4.90 Å². The summed E-state index contributed by atoms with van der Waals surface area (Å²) in [6, 6.07) is 11.2. The molecule has 0 saturated carbocycles.